The first-order valence-electron chi connectivity index (χ1n) is 2.75. The molecule has 1 aromatic rings. The molecule has 3 nitrogen and oxygen atoms in total. The molecule has 1 rings (SSSR count). The van der Waals surface area contributed by atoms with Crippen LogP contribution in [0.3, 0.4) is 0 Å². The molecular weight excluding hydrogens is 283 g/mol. The average Bonchev–Trinajstić information content (AvgIpc) is 1.94. The van der Waals surface area contributed by atoms with E-state index < -0.39 is 14.6 Å². The Labute approximate surface area is 97.5 Å². The van der Waals surface area contributed by atoms with Crippen molar-refractivity contribution in [2.45, 2.75) is 3.79 Å². The quantitative estimate of drug-likeness (QED) is 0.687. The molecule has 1 heterocycles. The van der Waals surface area contributed by atoms with E-state index in [9.17, 15) is 4.79 Å². The second-order valence-electron chi connectivity index (χ2n) is 1.91. The lowest BCUT2D eigenvalue weighted by Gasteiger charge is -2.09. The van der Waals surface area contributed by atoms with Crippen LogP contribution in [0.4, 0.5) is 0 Å². The molecule has 1 aromatic heterocycles. The normalized spacial score (nSPS) is 11.8. The molecule has 0 fully saturated rings. The van der Waals surface area contributed by atoms with E-state index in [4.69, 9.17) is 58.0 Å². The van der Waals surface area contributed by atoms with Gasteiger partial charge in [0, 0.05) is 0 Å². The Morgan fingerprint density at radius 1 is 1.15 bits per heavy atom. The molecule has 0 aliphatic rings. The molecule has 0 N–H and O–H groups in total. The summed E-state index contributed by atoms with van der Waals surface area (Å²) in [5.74, 6) is -0.353. The highest BCUT2D eigenvalue weighted by Gasteiger charge is 2.31. The minimum atomic E-state index is -1.94. The van der Waals surface area contributed by atoms with Gasteiger partial charge in [-0.2, -0.15) is 0 Å². The highest BCUT2D eigenvalue weighted by atomic mass is 35.6. The highest BCUT2D eigenvalue weighted by Crippen LogP contribution is 2.40. The minimum Gasteiger partial charge on any atom is -0.418 e. The standard InChI is InChI=1S/C5Cl5NO2/c6-2-1(5(8,9)10)13-4(12)3(7)11-2. The van der Waals surface area contributed by atoms with Crippen molar-refractivity contribution in [3.8, 4) is 0 Å². The number of alkyl halides is 3. The first-order chi connectivity index (χ1) is 5.82. The van der Waals surface area contributed by atoms with Crippen molar-refractivity contribution in [2.24, 2.45) is 0 Å². The smallest absolute Gasteiger partial charge is 0.374 e. The van der Waals surface area contributed by atoms with Crippen LogP contribution in [0.1, 0.15) is 5.76 Å². The SMILES string of the molecule is O=c1oc(C(Cl)(Cl)Cl)c(Cl)nc1Cl. The summed E-state index contributed by atoms with van der Waals surface area (Å²) in [5, 5.41) is -0.674. The zero-order chi connectivity index (χ0) is 10.2. The predicted molar refractivity (Wildman–Crippen MR) is 52.0 cm³/mol. The van der Waals surface area contributed by atoms with Crippen molar-refractivity contribution >= 4 is 58.0 Å². The Bertz CT molecular complexity index is 381. The van der Waals surface area contributed by atoms with Crippen molar-refractivity contribution in [1.29, 1.82) is 0 Å². The van der Waals surface area contributed by atoms with E-state index in [1.807, 2.05) is 0 Å². The maximum absolute atomic E-state index is 10.8. The lowest BCUT2D eigenvalue weighted by Crippen LogP contribution is -2.11. The van der Waals surface area contributed by atoms with Crippen LogP contribution in [0.2, 0.25) is 10.3 Å². The van der Waals surface area contributed by atoms with Gasteiger partial charge in [0.1, 0.15) is 0 Å². The first-order valence-corrected chi connectivity index (χ1v) is 4.64. The first kappa shape index (κ1) is 11.4. The van der Waals surface area contributed by atoms with Gasteiger partial charge in [-0.15, -0.1) is 0 Å². The van der Waals surface area contributed by atoms with E-state index in [1.165, 1.54) is 0 Å². The van der Waals surface area contributed by atoms with E-state index >= 15 is 0 Å². The third-order valence-electron chi connectivity index (χ3n) is 1.00. The van der Waals surface area contributed by atoms with Gasteiger partial charge in [-0.25, -0.2) is 9.78 Å². The molecule has 0 saturated heterocycles. The fourth-order valence-electron chi connectivity index (χ4n) is 0.534. The largest absolute Gasteiger partial charge is 0.418 e. The number of aromatic nitrogens is 1. The van der Waals surface area contributed by atoms with Crippen LogP contribution in [-0.4, -0.2) is 4.98 Å². The van der Waals surface area contributed by atoms with E-state index in [-0.39, 0.29) is 10.9 Å². The van der Waals surface area contributed by atoms with Gasteiger partial charge in [0.15, 0.2) is 10.9 Å². The summed E-state index contributed by atoms with van der Waals surface area (Å²) in [6, 6.07) is 0. The van der Waals surface area contributed by atoms with Crippen molar-refractivity contribution in [3.63, 3.8) is 0 Å². The van der Waals surface area contributed by atoms with E-state index in [2.05, 4.69) is 9.40 Å². The Morgan fingerprint density at radius 2 is 1.69 bits per heavy atom. The summed E-state index contributed by atoms with van der Waals surface area (Å²) in [5.41, 5.74) is -0.910. The van der Waals surface area contributed by atoms with Crippen LogP contribution in [0.5, 0.6) is 0 Å². The van der Waals surface area contributed by atoms with Gasteiger partial charge in [-0.05, 0) is 0 Å². The van der Waals surface area contributed by atoms with E-state index in [0.29, 0.717) is 0 Å². The second kappa shape index (κ2) is 3.83. The number of hydrogen-bond donors (Lipinski definition) is 0. The van der Waals surface area contributed by atoms with Crippen molar-refractivity contribution in [2.75, 3.05) is 0 Å². The van der Waals surface area contributed by atoms with Gasteiger partial charge >= 0.3 is 5.63 Å². The van der Waals surface area contributed by atoms with Gasteiger partial charge in [0.2, 0.25) is 5.15 Å². The fourth-order valence-corrected chi connectivity index (χ4v) is 1.49. The molecule has 0 unspecified atom stereocenters. The molecule has 0 aromatic carbocycles. The third-order valence-corrected chi connectivity index (χ3v) is 2.01. The monoisotopic (exact) mass is 281 g/mol. The van der Waals surface area contributed by atoms with Crippen molar-refractivity contribution < 1.29 is 4.42 Å². The summed E-state index contributed by atoms with van der Waals surface area (Å²) in [7, 11) is 0. The van der Waals surface area contributed by atoms with Crippen LogP contribution in [0.15, 0.2) is 9.21 Å². The summed E-state index contributed by atoms with van der Waals surface area (Å²) in [4.78, 5) is 14.3. The van der Waals surface area contributed by atoms with E-state index in [1.54, 1.807) is 0 Å². The molecule has 0 radical (unpaired) electrons. The second-order valence-corrected chi connectivity index (χ2v) is 4.91. The molecule has 0 bridgehead atoms. The maximum Gasteiger partial charge on any atom is 0.374 e. The Balaban J connectivity index is 3.41. The number of nitrogens with zero attached hydrogens (tertiary/aromatic N) is 1. The fraction of sp³-hybridized carbons (Fsp3) is 0.200. The summed E-state index contributed by atoms with van der Waals surface area (Å²) < 4.78 is 2.59. The Kier molecular flexibility index (Phi) is 3.36. The Hall–Kier alpha value is 0.330. The summed E-state index contributed by atoms with van der Waals surface area (Å²) in [6.45, 7) is 0. The predicted octanol–water partition coefficient (Wildman–Crippen LogP) is 3.17. The molecule has 0 amide bonds. The van der Waals surface area contributed by atoms with Gasteiger partial charge < -0.3 is 4.42 Å². The summed E-state index contributed by atoms with van der Waals surface area (Å²) in [6.07, 6.45) is 0. The molecule has 13 heavy (non-hydrogen) atoms. The zero-order valence-corrected chi connectivity index (χ0v) is 9.43. The molecule has 0 spiro atoms. The van der Waals surface area contributed by atoms with E-state index in [0.717, 1.165) is 0 Å². The minimum absolute atomic E-state index is 0.260. The topological polar surface area (TPSA) is 43.1 Å². The van der Waals surface area contributed by atoms with Gasteiger partial charge in [-0.1, -0.05) is 58.0 Å². The zero-order valence-electron chi connectivity index (χ0n) is 5.65. The molecule has 8 heteroatoms. The molecule has 72 valence electrons. The van der Waals surface area contributed by atoms with Crippen LogP contribution in [0.25, 0.3) is 0 Å². The van der Waals surface area contributed by atoms with Crippen LogP contribution in [-0.2, 0) is 3.79 Å². The van der Waals surface area contributed by atoms with Crippen LogP contribution in [0, 0.1) is 0 Å². The molecule has 0 aliphatic carbocycles. The number of hydrogen-bond acceptors (Lipinski definition) is 3. The summed E-state index contributed by atoms with van der Waals surface area (Å²) >= 11 is 27.1. The van der Waals surface area contributed by atoms with Crippen molar-refractivity contribution in [3.05, 3.63) is 26.5 Å². The molecule has 0 saturated carbocycles. The highest BCUT2D eigenvalue weighted by molar-refractivity contribution is 6.67. The van der Waals surface area contributed by atoms with Crippen LogP contribution >= 0.6 is 58.0 Å². The maximum atomic E-state index is 10.8. The van der Waals surface area contributed by atoms with Gasteiger partial charge in [0.25, 0.3) is 3.79 Å². The lowest BCUT2D eigenvalue weighted by molar-refractivity contribution is 0.458. The molecule has 0 atom stereocenters. The Morgan fingerprint density at radius 3 is 2.15 bits per heavy atom. The van der Waals surface area contributed by atoms with Gasteiger partial charge in [0.05, 0.1) is 0 Å². The molecule has 0 aliphatic heterocycles. The average molecular weight is 283 g/mol. The lowest BCUT2D eigenvalue weighted by atomic mass is 10.5. The van der Waals surface area contributed by atoms with Crippen molar-refractivity contribution in [1.82, 2.24) is 4.98 Å². The third kappa shape index (κ3) is 2.64. The van der Waals surface area contributed by atoms with Crippen LogP contribution < -0.4 is 5.63 Å². The molecular formula is C5Cl5NO2. The number of halogens is 5. The van der Waals surface area contributed by atoms with Gasteiger partial charge in [-0.3, -0.25) is 0 Å². The number of rotatable bonds is 0.